The summed E-state index contributed by atoms with van der Waals surface area (Å²) in [5.74, 6) is 0.0277. The molecular formula is C17H23N3O2S. The second kappa shape index (κ2) is 7.38. The maximum atomic E-state index is 12.1. The van der Waals surface area contributed by atoms with E-state index in [1.165, 1.54) is 0 Å². The Morgan fingerprint density at radius 3 is 3.09 bits per heavy atom. The lowest BCUT2D eigenvalue weighted by molar-refractivity contribution is -0.126. The fourth-order valence-electron chi connectivity index (χ4n) is 2.78. The van der Waals surface area contributed by atoms with Gasteiger partial charge in [-0.2, -0.15) is 0 Å². The number of para-hydroxylation sites is 1. The van der Waals surface area contributed by atoms with Gasteiger partial charge in [-0.25, -0.2) is 4.98 Å². The van der Waals surface area contributed by atoms with Gasteiger partial charge in [-0.3, -0.25) is 9.69 Å². The van der Waals surface area contributed by atoms with Gasteiger partial charge >= 0.3 is 0 Å². The molecule has 0 bridgehead atoms. The Hall–Kier alpha value is -1.50. The summed E-state index contributed by atoms with van der Waals surface area (Å²) in [6.45, 7) is 7.31. The summed E-state index contributed by atoms with van der Waals surface area (Å²) in [5.41, 5.74) is 0.991. The molecule has 1 aromatic heterocycles. The average molecular weight is 333 g/mol. The smallest absolute Gasteiger partial charge is 0.223 e. The number of hydrogen-bond acceptors (Lipinski definition) is 5. The molecule has 1 fully saturated rings. The van der Waals surface area contributed by atoms with E-state index in [-0.39, 0.29) is 12.0 Å². The van der Waals surface area contributed by atoms with Crippen LogP contribution in [0.1, 0.15) is 25.3 Å². The summed E-state index contributed by atoms with van der Waals surface area (Å²) in [7, 11) is 0. The maximum Gasteiger partial charge on any atom is 0.223 e. The minimum atomic E-state index is -0.0125. The number of nitrogens with zero attached hydrogens (tertiary/aromatic N) is 2. The first-order valence-corrected chi connectivity index (χ1v) is 8.90. The highest BCUT2D eigenvalue weighted by atomic mass is 32.1. The number of nitrogens with one attached hydrogen (secondary N) is 1. The average Bonchev–Trinajstić information content (AvgIpc) is 2.96. The van der Waals surface area contributed by atoms with E-state index in [0.29, 0.717) is 25.6 Å². The van der Waals surface area contributed by atoms with Gasteiger partial charge in [0.1, 0.15) is 5.01 Å². The Kier molecular flexibility index (Phi) is 5.25. The molecule has 1 aromatic carbocycles. The van der Waals surface area contributed by atoms with Crippen LogP contribution >= 0.6 is 11.3 Å². The number of aromatic nitrogens is 1. The third-order valence-corrected chi connectivity index (χ3v) is 5.12. The van der Waals surface area contributed by atoms with E-state index in [2.05, 4.69) is 35.1 Å². The molecule has 3 rings (SSSR count). The molecule has 1 amide bonds. The molecule has 1 saturated heterocycles. The first kappa shape index (κ1) is 16.4. The molecule has 5 nitrogen and oxygen atoms in total. The molecule has 2 heterocycles. The van der Waals surface area contributed by atoms with Crippen molar-refractivity contribution in [1.29, 1.82) is 0 Å². The van der Waals surface area contributed by atoms with Crippen LogP contribution in [0, 0.1) is 0 Å². The topological polar surface area (TPSA) is 54.5 Å². The number of rotatable bonds is 5. The van der Waals surface area contributed by atoms with Crippen molar-refractivity contribution in [2.45, 2.75) is 39.0 Å². The molecular weight excluding hydrogens is 310 g/mol. The maximum absolute atomic E-state index is 12.1. The summed E-state index contributed by atoms with van der Waals surface area (Å²) in [6, 6.07) is 8.52. The summed E-state index contributed by atoms with van der Waals surface area (Å²) >= 11 is 1.62. The molecule has 124 valence electrons. The van der Waals surface area contributed by atoms with Crippen molar-refractivity contribution in [1.82, 2.24) is 15.2 Å². The van der Waals surface area contributed by atoms with E-state index in [4.69, 9.17) is 4.74 Å². The van der Waals surface area contributed by atoms with Crippen LogP contribution < -0.4 is 5.32 Å². The molecule has 6 heteroatoms. The number of amides is 1. The molecule has 1 aliphatic heterocycles. The zero-order valence-electron chi connectivity index (χ0n) is 13.6. The zero-order chi connectivity index (χ0) is 16.2. The molecule has 1 N–H and O–H groups in total. The third-order valence-electron chi connectivity index (χ3n) is 4.09. The van der Waals surface area contributed by atoms with Gasteiger partial charge in [0.25, 0.3) is 0 Å². The number of carbonyl (C=O) groups is 1. The molecule has 0 aliphatic carbocycles. The van der Waals surface area contributed by atoms with Crippen LogP contribution in [-0.2, 0) is 16.1 Å². The Labute approximate surface area is 140 Å². The van der Waals surface area contributed by atoms with Crippen LogP contribution in [0.5, 0.6) is 0 Å². The molecule has 0 spiro atoms. The molecule has 23 heavy (non-hydrogen) atoms. The Balaban J connectivity index is 1.49. The standard InChI is InChI=1S/C17H23N3O2S/c1-12(2)20-7-8-22-13(11-20)9-16(21)18-10-17-19-14-5-3-4-6-15(14)23-17/h3-6,12-13H,7-11H2,1-2H3,(H,18,21)/t13-/m0/s1. The lowest BCUT2D eigenvalue weighted by Crippen LogP contribution is -2.47. The van der Waals surface area contributed by atoms with Crippen molar-refractivity contribution in [3.63, 3.8) is 0 Å². The normalized spacial score (nSPS) is 19.3. The molecule has 1 atom stereocenters. The Bertz CT molecular complexity index is 638. The highest BCUT2D eigenvalue weighted by molar-refractivity contribution is 7.18. The van der Waals surface area contributed by atoms with Crippen molar-refractivity contribution < 1.29 is 9.53 Å². The van der Waals surface area contributed by atoms with E-state index in [1.54, 1.807) is 11.3 Å². The second-order valence-corrected chi connectivity index (χ2v) is 7.25. The summed E-state index contributed by atoms with van der Waals surface area (Å²) in [6.07, 6.45) is 0.398. The monoisotopic (exact) mass is 333 g/mol. The van der Waals surface area contributed by atoms with Gasteiger partial charge in [-0.05, 0) is 26.0 Å². The number of benzene rings is 1. The number of carbonyl (C=O) groups excluding carboxylic acids is 1. The van der Waals surface area contributed by atoms with E-state index in [0.717, 1.165) is 28.3 Å². The summed E-state index contributed by atoms with van der Waals surface area (Å²) in [5, 5.41) is 3.90. The summed E-state index contributed by atoms with van der Waals surface area (Å²) < 4.78 is 6.87. The van der Waals surface area contributed by atoms with Crippen LogP contribution in [0.25, 0.3) is 10.2 Å². The number of fused-ring (bicyclic) bond motifs is 1. The number of hydrogen-bond donors (Lipinski definition) is 1. The Morgan fingerprint density at radius 1 is 1.48 bits per heavy atom. The first-order chi connectivity index (χ1) is 11.1. The fourth-order valence-corrected chi connectivity index (χ4v) is 3.69. The highest BCUT2D eigenvalue weighted by Crippen LogP contribution is 2.21. The van der Waals surface area contributed by atoms with Crippen molar-refractivity contribution in [2.24, 2.45) is 0 Å². The largest absolute Gasteiger partial charge is 0.375 e. The van der Waals surface area contributed by atoms with Crippen LogP contribution in [0.15, 0.2) is 24.3 Å². The van der Waals surface area contributed by atoms with Gasteiger partial charge in [0.05, 0.1) is 35.9 Å². The van der Waals surface area contributed by atoms with E-state index in [1.807, 2.05) is 18.2 Å². The quantitative estimate of drug-likeness (QED) is 0.913. The third kappa shape index (κ3) is 4.28. The van der Waals surface area contributed by atoms with Crippen LogP contribution in [0.2, 0.25) is 0 Å². The molecule has 0 radical (unpaired) electrons. The second-order valence-electron chi connectivity index (χ2n) is 6.14. The van der Waals surface area contributed by atoms with Gasteiger partial charge in [0.15, 0.2) is 0 Å². The predicted molar refractivity (Wildman–Crippen MR) is 92.5 cm³/mol. The lowest BCUT2D eigenvalue weighted by atomic mass is 10.1. The fraction of sp³-hybridized carbons (Fsp3) is 0.529. The highest BCUT2D eigenvalue weighted by Gasteiger charge is 2.24. The van der Waals surface area contributed by atoms with E-state index >= 15 is 0 Å². The van der Waals surface area contributed by atoms with E-state index < -0.39 is 0 Å². The summed E-state index contributed by atoms with van der Waals surface area (Å²) in [4.78, 5) is 19.0. The predicted octanol–water partition coefficient (Wildman–Crippen LogP) is 2.41. The van der Waals surface area contributed by atoms with Crippen LogP contribution in [0.3, 0.4) is 0 Å². The van der Waals surface area contributed by atoms with Crippen molar-refractivity contribution in [3.8, 4) is 0 Å². The zero-order valence-corrected chi connectivity index (χ0v) is 14.4. The Morgan fingerprint density at radius 2 is 2.30 bits per heavy atom. The van der Waals surface area contributed by atoms with Gasteiger partial charge in [-0.15, -0.1) is 11.3 Å². The van der Waals surface area contributed by atoms with Gasteiger partial charge in [-0.1, -0.05) is 12.1 Å². The van der Waals surface area contributed by atoms with Crippen molar-refractivity contribution in [2.75, 3.05) is 19.7 Å². The van der Waals surface area contributed by atoms with Crippen molar-refractivity contribution >= 4 is 27.5 Å². The number of ether oxygens (including phenoxy) is 1. The van der Waals surface area contributed by atoms with Crippen LogP contribution in [0.4, 0.5) is 0 Å². The van der Waals surface area contributed by atoms with Gasteiger partial charge in [0.2, 0.25) is 5.91 Å². The minimum Gasteiger partial charge on any atom is -0.375 e. The molecule has 2 aromatic rings. The number of thiazole rings is 1. The molecule has 0 saturated carbocycles. The van der Waals surface area contributed by atoms with Crippen LogP contribution in [-0.4, -0.2) is 47.6 Å². The van der Waals surface area contributed by atoms with Crippen molar-refractivity contribution in [3.05, 3.63) is 29.3 Å². The van der Waals surface area contributed by atoms with Gasteiger partial charge < -0.3 is 10.1 Å². The molecule has 1 aliphatic rings. The SMILES string of the molecule is CC(C)N1CCO[C@@H](CC(=O)NCc2nc3ccccc3s2)C1. The van der Waals surface area contributed by atoms with E-state index in [9.17, 15) is 4.79 Å². The lowest BCUT2D eigenvalue weighted by Gasteiger charge is -2.35. The molecule has 0 unspecified atom stereocenters. The minimum absolute atomic E-state index is 0.0125. The van der Waals surface area contributed by atoms with Gasteiger partial charge in [0, 0.05) is 19.1 Å². The number of morpholine rings is 1. The first-order valence-electron chi connectivity index (χ1n) is 8.08.